The third-order valence-electron chi connectivity index (χ3n) is 1.83. The summed E-state index contributed by atoms with van der Waals surface area (Å²) in [5.41, 5.74) is 0. The van der Waals surface area contributed by atoms with Crippen LogP contribution >= 0.6 is 0 Å². The normalized spacial score (nSPS) is 40.6. The Balaban J connectivity index is 2.39. The molecule has 0 aromatic carbocycles. The maximum atomic E-state index is 9.29. The van der Waals surface area contributed by atoms with E-state index in [1.807, 2.05) is 0 Å². The van der Waals surface area contributed by atoms with Crippen LogP contribution in [0.3, 0.4) is 0 Å². The lowest BCUT2D eigenvalue weighted by Gasteiger charge is -2.34. The molecule has 0 unspecified atom stereocenters. The number of ether oxygens (including phenoxy) is 2. The average molecular weight is 194 g/mol. The zero-order valence-corrected chi connectivity index (χ0v) is 7.04. The molecular weight excluding hydrogens is 180 g/mol. The summed E-state index contributed by atoms with van der Waals surface area (Å²) in [6.45, 7) is -0.260. The molecule has 0 aliphatic carbocycles. The lowest BCUT2D eigenvalue weighted by atomic mass is 10.1. The first-order valence-electron chi connectivity index (χ1n) is 4.05. The first-order valence-corrected chi connectivity index (χ1v) is 4.05. The van der Waals surface area contributed by atoms with Crippen LogP contribution in [-0.4, -0.2) is 64.8 Å². The Labute approximate surface area is 75.3 Å². The molecule has 0 saturated carbocycles. The van der Waals surface area contributed by atoms with E-state index >= 15 is 0 Å². The first-order chi connectivity index (χ1) is 6.16. The number of rotatable bonds is 3. The third-order valence-corrected chi connectivity index (χ3v) is 1.83. The molecule has 0 bridgehead atoms. The predicted molar refractivity (Wildman–Crippen MR) is 40.8 cm³/mol. The third kappa shape index (κ3) is 2.60. The van der Waals surface area contributed by atoms with Gasteiger partial charge < -0.3 is 29.9 Å². The highest BCUT2D eigenvalue weighted by atomic mass is 16.7. The Kier molecular flexibility index (Phi) is 4.04. The molecule has 0 amide bonds. The van der Waals surface area contributed by atoms with Crippen molar-refractivity contribution in [1.82, 2.24) is 0 Å². The van der Waals surface area contributed by atoms with Gasteiger partial charge in [0.1, 0.15) is 18.3 Å². The fourth-order valence-corrected chi connectivity index (χ4v) is 1.09. The molecule has 6 heteroatoms. The molecule has 6 nitrogen and oxygen atoms in total. The summed E-state index contributed by atoms with van der Waals surface area (Å²) >= 11 is 0. The van der Waals surface area contributed by atoms with E-state index in [2.05, 4.69) is 0 Å². The number of hydrogen-bond acceptors (Lipinski definition) is 6. The summed E-state index contributed by atoms with van der Waals surface area (Å²) < 4.78 is 9.75. The van der Waals surface area contributed by atoms with Crippen molar-refractivity contribution in [3.63, 3.8) is 0 Å². The van der Waals surface area contributed by atoms with Crippen LogP contribution in [-0.2, 0) is 9.47 Å². The summed E-state index contributed by atoms with van der Waals surface area (Å²) in [7, 11) is 0. The van der Waals surface area contributed by atoms with Gasteiger partial charge in [-0.05, 0) is 0 Å². The van der Waals surface area contributed by atoms with Crippen molar-refractivity contribution in [3.05, 3.63) is 0 Å². The summed E-state index contributed by atoms with van der Waals surface area (Å²) in [6.07, 6.45) is -4.62. The van der Waals surface area contributed by atoms with Gasteiger partial charge >= 0.3 is 0 Å². The van der Waals surface area contributed by atoms with Crippen molar-refractivity contribution in [2.24, 2.45) is 0 Å². The Morgan fingerprint density at radius 3 is 2.54 bits per heavy atom. The highest BCUT2D eigenvalue weighted by Crippen LogP contribution is 2.16. The molecule has 0 spiro atoms. The van der Waals surface area contributed by atoms with Gasteiger partial charge in [-0.25, -0.2) is 0 Å². The van der Waals surface area contributed by atoms with Crippen molar-refractivity contribution in [3.8, 4) is 0 Å². The van der Waals surface area contributed by atoms with Crippen LogP contribution in [0.5, 0.6) is 0 Å². The molecule has 1 heterocycles. The van der Waals surface area contributed by atoms with Gasteiger partial charge in [-0.15, -0.1) is 0 Å². The van der Waals surface area contributed by atoms with Crippen LogP contribution in [0, 0.1) is 0 Å². The largest absolute Gasteiger partial charge is 0.394 e. The van der Waals surface area contributed by atoms with E-state index in [1.165, 1.54) is 0 Å². The highest BCUT2D eigenvalue weighted by Gasteiger charge is 2.37. The van der Waals surface area contributed by atoms with Crippen molar-refractivity contribution < 1.29 is 29.9 Å². The maximum Gasteiger partial charge on any atom is 0.186 e. The van der Waals surface area contributed by atoms with Gasteiger partial charge in [0, 0.05) is 0 Å². The molecule has 0 aromatic rings. The van der Waals surface area contributed by atoms with Gasteiger partial charge in [0.05, 0.1) is 19.8 Å². The van der Waals surface area contributed by atoms with Crippen LogP contribution in [0.4, 0.5) is 0 Å². The fraction of sp³-hybridized carbons (Fsp3) is 1.00. The molecule has 0 aromatic heterocycles. The SMILES string of the molecule is OCCO[C@H]1OC[C@H](O)[C@H](O)[C@H]1O. The minimum Gasteiger partial charge on any atom is -0.394 e. The van der Waals surface area contributed by atoms with Gasteiger partial charge in [0.25, 0.3) is 0 Å². The summed E-state index contributed by atoms with van der Waals surface area (Å²) in [5.74, 6) is 0. The summed E-state index contributed by atoms with van der Waals surface area (Å²) in [5, 5.41) is 36.0. The van der Waals surface area contributed by atoms with Gasteiger partial charge in [-0.1, -0.05) is 0 Å². The smallest absolute Gasteiger partial charge is 0.186 e. The molecule has 1 rings (SSSR count). The molecule has 1 saturated heterocycles. The van der Waals surface area contributed by atoms with Crippen LogP contribution in [0.25, 0.3) is 0 Å². The first kappa shape index (κ1) is 10.8. The second kappa shape index (κ2) is 4.85. The highest BCUT2D eigenvalue weighted by molar-refractivity contribution is 4.82. The van der Waals surface area contributed by atoms with Gasteiger partial charge in [0.2, 0.25) is 0 Å². The van der Waals surface area contributed by atoms with E-state index < -0.39 is 24.6 Å². The Morgan fingerprint density at radius 2 is 1.92 bits per heavy atom. The Morgan fingerprint density at radius 1 is 1.23 bits per heavy atom. The lowest BCUT2D eigenvalue weighted by Crippen LogP contribution is -2.53. The average Bonchev–Trinajstić information content (AvgIpc) is 2.13. The molecule has 0 radical (unpaired) electrons. The van der Waals surface area contributed by atoms with Gasteiger partial charge in [0.15, 0.2) is 6.29 Å². The molecular formula is C7H14O6. The zero-order valence-electron chi connectivity index (χ0n) is 7.04. The van der Waals surface area contributed by atoms with Crippen molar-refractivity contribution in [2.45, 2.75) is 24.6 Å². The Hall–Kier alpha value is -0.240. The molecule has 4 atom stereocenters. The van der Waals surface area contributed by atoms with E-state index in [1.54, 1.807) is 0 Å². The van der Waals surface area contributed by atoms with Crippen molar-refractivity contribution >= 4 is 0 Å². The van der Waals surface area contributed by atoms with Crippen LogP contribution in [0.2, 0.25) is 0 Å². The molecule has 78 valence electrons. The van der Waals surface area contributed by atoms with E-state index in [0.29, 0.717) is 0 Å². The van der Waals surface area contributed by atoms with E-state index in [9.17, 15) is 10.2 Å². The quantitative estimate of drug-likeness (QED) is 0.394. The topological polar surface area (TPSA) is 99.4 Å². The summed E-state index contributed by atoms with van der Waals surface area (Å²) in [4.78, 5) is 0. The number of aliphatic hydroxyl groups is 4. The van der Waals surface area contributed by atoms with E-state index in [4.69, 9.17) is 19.7 Å². The lowest BCUT2D eigenvalue weighted by molar-refractivity contribution is -0.271. The van der Waals surface area contributed by atoms with Crippen LogP contribution in [0.1, 0.15) is 0 Å². The minimum atomic E-state index is -1.28. The molecule has 13 heavy (non-hydrogen) atoms. The van der Waals surface area contributed by atoms with Crippen LogP contribution < -0.4 is 0 Å². The second-order valence-electron chi connectivity index (χ2n) is 2.84. The standard InChI is InChI=1S/C7H14O6/c8-1-2-12-7-6(11)5(10)4(9)3-13-7/h4-11H,1-3H2/t4-,5-,6+,7-/m0/s1. The predicted octanol–water partition coefficient (Wildman–Crippen LogP) is -2.57. The number of aliphatic hydroxyl groups excluding tert-OH is 4. The molecule has 4 N–H and O–H groups in total. The van der Waals surface area contributed by atoms with Crippen molar-refractivity contribution in [2.75, 3.05) is 19.8 Å². The molecule has 1 aliphatic heterocycles. The molecule has 1 fully saturated rings. The molecule has 1 aliphatic rings. The summed E-state index contributed by atoms with van der Waals surface area (Å²) in [6, 6.07) is 0. The van der Waals surface area contributed by atoms with Crippen molar-refractivity contribution in [1.29, 1.82) is 0 Å². The Bertz CT molecular complexity index is 150. The maximum absolute atomic E-state index is 9.29. The fourth-order valence-electron chi connectivity index (χ4n) is 1.09. The van der Waals surface area contributed by atoms with Gasteiger partial charge in [-0.2, -0.15) is 0 Å². The zero-order chi connectivity index (χ0) is 9.84. The van der Waals surface area contributed by atoms with E-state index in [-0.39, 0.29) is 19.8 Å². The van der Waals surface area contributed by atoms with Gasteiger partial charge in [-0.3, -0.25) is 0 Å². The minimum absolute atomic E-state index is 0.0184. The monoisotopic (exact) mass is 194 g/mol. The number of hydrogen-bond donors (Lipinski definition) is 4. The van der Waals surface area contributed by atoms with Crippen LogP contribution in [0.15, 0.2) is 0 Å². The second-order valence-corrected chi connectivity index (χ2v) is 2.84. The van der Waals surface area contributed by atoms with E-state index in [0.717, 1.165) is 0 Å².